The minimum atomic E-state index is -4.20. The molecule has 0 aliphatic heterocycles. The van der Waals surface area contributed by atoms with Crippen LogP contribution in [0.25, 0.3) is 0 Å². The molecule has 0 spiro atoms. The normalized spacial score (nSPS) is 12.3. The Hall–Kier alpha value is -3.90. The number of benzene rings is 3. The number of hydrogen-bond acceptors (Lipinski definition) is 7. The quantitative estimate of drug-likeness (QED) is 0.404. The van der Waals surface area contributed by atoms with Crippen molar-refractivity contribution < 1.29 is 31.2 Å². The number of hydrogen-bond donors (Lipinski definition) is 3. The molecule has 1 atom stereocenters. The number of aryl methyl sites for hydroxylation is 2. The highest BCUT2D eigenvalue weighted by Gasteiger charge is 2.24. The van der Waals surface area contributed by atoms with E-state index in [1.165, 1.54) is 24.3 Å². The molecule has 0 aliphatic carbocycles. The van der Waals surface area contributed by atoms with E-state index in [4.69, 9.17) is 4.74 Å². The van der Waals surface area contributed by atoms with E-state index in [0.717, 1.165) is 11.1 Å². The summed E-state index contributed by atoms with van der Waals surface area (Å²) in [6, 6.07) is 19.0. The number of nitrogens with one attached hydrogen (secondary N) is 3. The van der Waals surface area contributed by atoms with Crippen LogP contribution in [0.3, 0.4) is 0 Å². The molecule has 3 amide bonds. The molecule has 0 saturated carbocycles. The third kappa shape index (κ3) is 7.30. The van der Waals surface area contributed by atoms with Gasteiger partial charge in [-0.05, 0) is 43.7 Å². The second-order valence-electron chi connectivity index (χ2n) is 7.85. The molecule has 0 fully saturated rings. The van der Waals surface area contributed by atoms with Crippen LogP contribution in [-0.4, -0.2) is 35.5 Å². The third-order valence-electron chi connectivity index (χ3n) is 4.98. The van der Waals surface area contributed by atoms with E-state index in [1.54, 1.807) is 68.4 Å². The lowest BCUT2D eigenvalue weighted by Crippen LogP contribution is -2.42. The van der Waals surface area contributed by atoms with Crippen LogP contribution in [-0.2, 0) is 24.8 Å². The number of carbonyl (C=O) groups excluding carboxylic acids is 2. The second-order valence-corrected chi connectivity index (χ2v) is 11.2. The molecule has 0 bridgehead atoms. The van der Waals surface area contributed by atoms with Crippen LogP contribution < -0.4 is 14.8 Å². The largest absolute Gasteiger partial charge is 0.439 e. The van der Waals surface area contributed by atoms with Gasteiger partial charge in [-0.15, -0.1) is 0 Å². The van der Waals surface area contributed by atoms with Crippen molar-refractivity contribution in [1.82, 2.24) is 14.8 Å². The van der Waals surface area contributed by atoms with E-state index in [-0.39, 0.29) is 16.3 Å². The summed E-state index contributed by atoms with van der Waals surface area (Å²) in [6.07, 6.45) is -2.38. The van der Waals surface area contributed by atoms with Gasteiger partial charge in [0.05, 0.1) is 16.3 Å². The van der Waals surface area contributed by atoms with Crippen molar-refractivity contribution in [3.05, 3.63) is 95.6 Å². The third-order valence-corrected chi connectivity index (χ3v) is 7.65. The SMILES string of the molecule is Cc1ccc(S(=O)(=O)NC(=O)NCC(OC(=O)NS(=O)(=O)c2ccc(C)cc2)c2ccccc2)cc1. The monoisotopic (exact) mass is 531 g/mol. The maximum absolute atomic E-state index is 12.5. The van der Waals surface area contributed by atoms with Gasteiger partial charge >= 0.3 is 12.1 Å². The molecule has 190 valence electrons. The maximum atomic E-state index is 12.5. The zero-order valence-electron chi connectivity index (χ0n) is 19.5. The summed E-state index contributed by atoms with van der Waals surface area (Å²) in [7, 11) is -8.33. The Morgan fingerprint density at radius 2 is 1.19 bits per heavy atom. The molecule has 1 unspecified atom stereocenters. The first-order chi connectivity index (χ1) is 17.0. The topological polar surface area (TPSA) is 148 Å². The minimum Gasteiger partial charge on any atom is -0.439 e. The van der Waals surface area contributed by atoms with Crippen molar-refractivity contribution in [2.24, 2.45) is 0 Å². The molecule has 0 aromatic heterocycles. The van der Waals surface area contributed by atoms with Crippen molar-refractivity contribution >= 4 is 32.2 Å². The molecule has 36 heavy (non-hydrogen) atoms. The van der Waals surface area contributed by atoms with E-state index in [0.29, 0.717) is 5.56 Å². The van der Waals surface area contributed by atoms with Crippen LogP contribution in [0.15, 0.2) is 88.7 Å². The molecule has 0 heterocycles. The zero-order chi connectivity index (χ0) is 26.3. The Balaban J connectivity index is 1.67. The van der Waals surface area contributed by atoms with Gasteiger partial charge in [-0.1, -0.05) is 65.7 Å². The molecule has 0 saturated heterocycles. The fourth-order valence-electron chi connectivity index (χ4n) is 3.05. The molecule has 3 N–H and O–H groups in total. The Kier molecular flexibility index (Phi) is 8.33. The van der Waals surface area contributed by atoms with Crippen LogP contribution in [0.4, 0.5) is 9.59 Å². The van der Waals surface area contributed by atoms with Crippen molar-refractivity contribution in [3.63, 3.8) is 0 Å². The Bertz CT molecular complexity index is 1420. The fourth-order valence-corrected chi connectivity index (χ4v) is 4.86. The average Bonchev–Trinajstić information content (AvgIpc) is 2.82. The van der Waals surface area contributed by atoms with E-state index < -0.39 is 38.3 Å². The molecular weight excluding hydrogens is 506 g/mol. The van der Waals surface area contributed by atoms with Gasteiger partial charge in [0, 0.05) is 0 Å². The van der Waals surface area contributed by atoms with E-state index in [1.807, 2.05) is 9.44 Å². The highest BCUT2D eigenvalue weighted by atomic mass is 32.2. The molecule has 3 aromatic rings. The lowest BCUT2D eigenvalue weighted by atomic mass is 10.1. The number of sulfonamides is 2. The smallest absolute Gasteiger partial charge is 0.421 e. The molecule has 12 heteroatoms. The Morgan fingerprint density at radius 1 is 0.722 bits per heavy atom. The lowest BCUT2D eigenvalue weighted by Gasteiger charge is -2.19. The highest BCUT2D eigenvalue weighted by Crippen LogP contribution is 2.18. The maximum Gasteiger partial charge on any atom is 0.421 e. The van der Waals surface area contributed by atoms with Crippen LogP contribution in [0, 0.1) is 13.8 Å². The van der Waals surface area contributed by atoms with Crippen LogP contribution >= 0.6 is 0 Å². The molecule has 10 nitrogen and oxygen atoms in total. The summed E-state index contributed by atoms with van der Waals surface area (Å²) in [5.74, 6) is 0. The van der Waals surface area contributed by atoms with Crippen LogP contribution in [0.1, 0.15) is 22.8 Å². The average molecular weight is 532 g/mol. The van der Waals surface area contributed by atoms with Crippen molar-refractivity contribution in [2.75, 3.05) is 6.54 Å². The van der Waals surface area contributed by atoms with Gasteiger partial charge in [0.2, 0.25) is 0 Å². The first kappa shape index (κ1) is 26.7. The van der Waals surface area contributed by atoms with Crippen LogP contribution in [0.2, 0.25) is 0 Å². The van der Waals surface area contributed by atoms with Gasteiger partial charge in [-0.25, -0.2) is 35.9 Å². The standard InChI is InChI=1S/C24H25N3O7S2/c1-17-8-12-20(13-9-17)35(30,31)26-23(28)25-16-22(19-6-4-3-5-7-19)34-24(29)27-36(32,33)21-14-10-18(2)11-15-21/h3-15,22H,16H2,1-2H3,(H,27,29)(H2,25,26,28). The first-order valence-electron chi connectivity index (χ1n) is 10.7. The number of carbonyl (C=O) groups is 2. The Morgan fingerprint density at radius 3 is 1.69 bits per heavy atom. The van der Waals surface area contributed by atoms with E-state index in [2.05, 4.69) is 5.32 Å². The molecule has 3 aromatic carbocycles. The van der Waals surface area contributed by atoms with E-state index in [9.17, 15) is 26.4 Å². The summed E-state index contributed by atoms with van der Waals surface area (Å²) in [5.41, 5.74) is 2.14. The molecular formula is C24H25N3O7S2. The highest BCUT2D eigenvalue weighted by molar-refractivity contribution is 7.90. The van der Waals surface area contributed by atoms with Crippen LogP contribution in [0.5, 0.6) is 0 Å². The van der Waals surface area contributed by atoms with E-state index >= 15 is 0 Å². The summed E-state index contributed by atoms with van der Waals surface area (Å²) in [6.45, 7) is 3.25. The zero-order valence-corrected chi connectivity index (χ0v) is 21.1. The summed E-state index contributed by atoms with van der Waals surface area (Å²) in [4.78, 5) is 24.5. The van der Waals surface area contributed by atoms with Crippen molar-refractivity contribution in [1.29, 1.82) is 0 Å². The number of rotatable bonds is 8. The Labute approximate surface area is 209 Å². The minimum absolute atomic E-state index is 0.0974. The van der Waals surface area contributed by atoms with Gasteiger partial charge < -0.3 is 10.1 Å². The summed E-state index contributed by atoms with van der Waals surface area (Å²) in [5, 5.41) is 2.34. The molecule has 0 radical (unpaired) electrons. The second kappa shape index (κ2) is 11.2. The predicted octanol–water partition coefficient (Wildman–Crippen LogP) is 3.15. The first-order valence-corrected chi connectivity index (χ1v) is 13.7. The summed E-state index contributed by atoms with van der Waals surface area (Å²) >= 11 is 0. The number of ether oxygens (including phenoxy) is 1. The van der Waals surface area contributed by atoms with Crippen molar-refractivity contribution in [2.45, 2.75) is 29.7 Å². The lowest BCUT2D eigenvalue weighted by molar-refractivity contribution is 0.103. The molecule has 0 aliphatic rings. The number of urea groups is 1. The van der Waals surface area contributed by atoms with Crippen molar-refractivity contribution in [3.8, 4) is 0 Å². The number of amides is 3. The van der Waals surface area contributed by atoms with Gasteiger partial charge in [-0.2, -0.15) is 0 Å². The van der Waals surface area contributed by atoms with Gasteiger partial charge in [0.15, 0.2) is 0 Å². The van der Waals surface area contributed by atoms with Gasteiger partial charge in [-0.3, -0.25) is 0 Å². The fraction of sp³-hybridized carbons (Fsp3) is 0.167. The molecule has 3 rings (SSSR count). The summed E-state index contributed by atoms with van der Waals surface area (Å²) < 4.78 is 58.8. The predicted molar refractivity (Wildman–Crippen MR) is 132 cm³/mol. The van der Waals surface area contributed by atoms with Gasteiger partial charge in [0.25, 0.3) is 20.0 Å². The van der Waals surface area contributed by atoms with Gasteiger partial charge in [0.1, 0.15) is 6.10 Å².